The molecule has 1 N–H and O–H groups in total. The van der Waals surface area contributed by atoms with E-state index in [0.717, 1.165) is 12.8 Å². The molecule has 0 aliphatic rings. The van der Waals surface area contributed by atoms with Crippen LogP contribution in [0.1, 0.15) is 26.7 Å². The number of rotatable bonds is 5. The third-order valence-electron chi connectivity index (χ3n) is 1.76. The van der Waals surface area contributed by atoms with Crippen LogP contribution >= 0.6 is 0 Å². The Labute approximate surface area is 69.4 Å². The number of hydrogen-bond acceptors (Lipinski definition) is 1. The Balaban J connectivity index is 3.47. The lowest BCUT2D eigenvalue weighted by Gasteiger charge is -2.03. The van der Waals surface area contributed by atoms with Crippen molar-refractivity contribution in [1.82, 2.24) is 0 Å². The second-order valence-corrected chi connectivity index (χ2v) is 3.02. The molecule has 0 bridgehead atoms. The predicted octanol–water partition coefficient (Wildman–Crippen LogP) is 2.53. The maximum atomic E-state index is 8.72. The van der Waals surface area contributed by atoms with Crippen molar-refractivity contribution in [3.05, 3.63) is 24.3 Å². The van der Waals surface area contributed by atoms with Gasteiger partial charge in [-0.3, -0.25) is 0 Å². The van der Waals surface area contributed by atoms with Crippen LogP contribution in [0.2, 0.25) is 0 Å². The van der Waals surface area contributed by atoms with E-state index in [-0.39, 0.29) is 0 Å². The molecule has 0 radical (unpaired) electrons. The second kappa shape index (κ2) is 6.17. The Morgan fingerprint density at radius 3 is 2.73 bits per heavy atom. The van der Waals surface area contributed by atoms with Gasteiger partial charge < -0.3 is 5.11 Å². The molecule has 64 valence electrons. The minimum Gasteiger partial charge on any atom is -0.396 e. The van der Waals surface area contributed by atoms with E-state index in [4.69, 9.17) is 5.11 Å². The van der Waals surface area contributed by atoms with Crippen molar-refractivity contribution in [2.24, 2.45) is 5.92 Å². The third-order valence-corrected chi connectivity index (χ3v) is 1.76. The quantitative estimate of drug-likeness (QED) is 0.603. The lowest BCUT2D eigenvalue weighted by molar-refractivity contribution is 0.231. The average molecular weight is 154 g/mol. The first kappa shape index (κ1) is 10.4. The maximum absolute atomic E-state index is 8.72. The van der Waals surface area contributed by atoms with Gasteiger partial charge in [-0.1, -0.05) is 31.2 Å². The van der Waals surface area contributed by atoms with Crippen LogP contribution in [0.3, 0.4) is 0 Å². The maximum Gasteiger partial charge on any atom is 0.0456 e. The molecule has 0 aromatic carbocycles. The minimum absolute atomic E-state index is 0.293. The Bertz CT molecular complexity index is 136. The number of aliphatic hydroxyl groups excluding tert-OH is 1. The summed E-state index contributed by atoms with van der Waals surface area (Å²) in [6.45, 7) is 8.04. The van der Waals surface area contributed by atoms with Crippen LogP contribution < -0.4 is 0 Å². The van der Waals surface area contributed by atoms with Crippen molar-refractivity contribution < 1.29 is 5.11 Å². The summed E-state index contributed by atoms with van der Waals surface area (Å²) in [6, 6.07) is 0. The minimum atomic E-state index is 0.293. The predicted molar refractivity (Wildman–Crippen MR) is 49.4 cm³/mol. The van der Waals surface area contributed by atoms with Crippen molar-refractivity contribution in [2.45, 2.75) is 26.7 Å². The molecular weight excluding hydrogens is 136 g/mol. The zero-order valence-corrected chi connectivity index (χ0v) is 7.51. The van der Waals surface area contributed by atoms with Crippen LogP contribution in [0.15, 0.2) is 24.3 Å². The Kier molecular flexibility index (Phi) is 5.86. The molecule has 1 nitrogen and oxygen atoms in total. The van der Waals surface area contributed by atoms with E-state index < -0.39 is 0 Å². The highest BCUT2D eigenvalue weighted by molar-refractivity contribution is 5.12. The molecule has 0 saturated carbocycles. The summed E-state index contributed by atoms with van der Waals surface area (Å²) in [5, 5.41) is 8.72. The molecule has 0 rings (SSSR count). The Morgan fingerprint density at radius 1 is 1.64 bits per heavy atom. The SMILES string of the molecule is C=CC(C)=CCCC(C)CO. The summed E-state index contributed by atoms with van der Waals surface area (Å²) < 4.78 is 0. The van der Waals surface area contributed by atoms with Gasteiger partial charge in [0.2, 0.25) is 0 Å². The molecule has 0 amide bonds. The average Bonchev–Trinajstić information content (AvgIpc) is 2.04. The molecular formula is C10H18O. The van der Waals surface area contributed by atoms with Gasteiger partial charge in [-0.2, -0.15) is 0 Å². The summed E-state index contributed by atoms with van der Waals surface area (Å²) in [5.41, 5.74) is 1.22. The highest BCUT2D eigenvalue weighted by Gasteiger charge is 1.96. The molecule has 0 aromatic rings. The summed E-state index contributed by atoms with van der Waals surface area (Å²) in [5.74, 6) is 0.420. The van der Waals surface area contributed by atoms with Crippen molar-refractivity contribution in [3.63, 3.8) is 0 Å². The second-order valence-electron chi connectivity index (χ2n) is 3.02. The smallest absolute Gasteiger partial charge is 0.0456 e. The summed E-state index contributed by atoms with van der Waals surface area (Å²) in [7, 11) is 0. The Hall–Kier alpha value is -0.560. The summed E-state index contributed by atoms with van der Waals surface area (Å²) in [6.07, 6.45) is 6.10. The van der Waals surface area contributed by atoms with Crippen LogP contribution in [-0.4, -0.2) is 11.7 Å². The van der Waals surface area contributed by atoms with E-state index >= 15 is 0 Å². The molecule has 11 heavy (non-hydrogen) atoms. The molecule has 0 aliphatic carbocycles. The van der Waals surface area contributed by atoms with Gasteiger partial charge in [-0.05, 0) is 25.7 Å². The molecule has 0 saturated heterocycles. The topological polar surface area (TPSA) is 20.2 Å². The fourth-order valence-corrected chi connectivity index (χ4v) is 0.770. The third kappa shape index (κ3) is 5.86. The molecule has 1 heteroatoms. The van der Waals surface area contributed by atoms with Gasteiger partial charge in [0.05, 0.1) is 0 Å². The van der Waals surface area contributed by atoms with E-state index in [0.29, 0.717) is 12.5 Å². The number of hydrogen-bond donors (Lipinski definition) is 1. The zero-order chi connectivity index (χ0) is 8.69. The fraction of sp³-hybridized carbons (Fsp3) is 0.600. The zero-order valence-electron chi connectivity index (χ0n) is 7.51. The molecule has 1 atom stereocenters. The summed E-state index contributed by atoms with van der Waals surface area (Å²) in [4.78, 5) is 0. The number of allylic oxidation sites excluding steroid dienone is 3. The standard InChI is InChI=1S/C10H18O/c1-4-9(2)6-5-7-10(3)8-11/h4,6,10-11H,1,5,7-8H2,2-3H3. The first-order valence-electron chi connectivity index (χ1n) is 4.10. The van der Waals surface area contributed by atoms with Crippen molar-refractivity contribution in [2.75, 3.05) is 6.61 Å². The molecule has 0 spiro atoms. The van der Waals surface area contributed by atoms with E-state index in [2.05, 4.69) is 19.6 Å². The monoisotopic (exact) mass is 154 g/mol. The molecule has 1 unspecified atom stereocenters. The lowest BCUT2D eigenvalue weighted by atomic mass is 10.1. The van der Waals surface area contributed by atoms with Crippen LogP contribution in [0.25, 0.3) is 0 Å². The molecule has 0 aliphatic heterocycles. The van der Waals surface area contributed by atoms with Gasteiger partial charge in [0.25, 0.3) is 0 Å². The fourth-order valence-electron chi connectivity index (χ4n) is 0.770. The van der Waals surface area contributed by atoms with E-state index in [1.165, 1.54) is 5.57 Å². The largest absolute Gasteiger partial charge is 0.396 e. The lowest BCUT2D eigenvalue weighted by Crippen LogP contribution is -1.98. The number of aliphatic hydroxyl groups is 1. The van der Waals surface area contributed by atoms with Gasteiger partial charge in [-0.25, -0.2) is 0 Å². The molecule has 0 fully saturated rings. The van der Waals surface area contributed by atoms with E-state index in [1.54, 1.807) is 0 Å². The van der Waals surface area contributed by atoms with Crippen LogP contribution in [0.4, 0.5) is 0 Å². The normalized spacial score (nSPS) is 14.6. The van der Waals surface area contributed by atoms with Crippen LogP contribution in [0, 0.1) is 5.92 Å². The highest BCUT2D eigenvalue weighted by Crippen LogP contribution is 2.06. The van der Waals surface area contributed by atoms with Crippen molar-refractivity contribution in [1.29, 1.82) is 0 Å². The van der Waals surface area contributed by atoms with Crippen molar-refractivity contribution in [3.8, 4) is 0 Å². The summed E-state index contributed by atoms with van der Waals surface area (Å²) >= 11 is 0. The van der Waals surface area contributed by atoms with Crippen LogP contribution in [-0.2, 0) is 0 Å². The van der Waals surface area contributed by atoms with Crippen molar-refractivity contribution >= 4 is 0 Å². The first-order valence-corrected chi connectivity index (χ1v) is 4.10. The highest BCUT2D eigenvalue weighted by atomic mass is 16.3. The van der Waals surface area contributed by atoms with Gasteiger partial charge in [0, 0.05) is 6.61 Å². The van der Waals surface area contributed by atoms with Gasteiger partial charge in [0.1, 0.15) is 0 Å². The van der Waals surface area contributed by atoms with Gasteiger partial charge in [-0.15, -0.1) is 0 Å². The van der Waals surface area contributed by atoms with Gasteiger partial charge >= 0.3 is 0 Å². The van der Waals surface area contributed by atoms with E-state index in [9.17, 15) is 0 Å². The Morgan fingerprint density at radius 2 is 2.27 bits per heavy atom. The van der Waals surface area contributed by atoms with Gasteiger partial charge in [0.15, 0.2) is 0 Å². The first-order chi connectivity index (χ1) is 5.20. The van der Waals surface area contributed by atoms with Crippen LogP contribution in [0.5, 0.6) is 0 Å². The molecule has 0 aromatic heterocycles. The van der Waals surface area contributed by atoms with E-state index in [1.807, 2.05) is 13.0 Å². The molecule has 0 heterocycles.